The van der Waals surface area contributed by atoms with Crippen molar-refractivity contribution in [1.29, 1.82) is 0 Å². The summed E-state index contributed by atoms with van der Waals surface area (Å²) in [4.78, 5) is 23.6. The molecule has 1 spiro atoms. The zero-order valence-electron chi connectivity index (χ0n) is 12.6. The zero-order chi connectivity index (χ0) is 15.0. The zero-order valence-corrected chi connectivity index (χ0v) is 13.5. The van der Waals surface area contributed by atoms with E-state index in [1.807, 2.05) is 6.92 Å². The maximum atomic E-state index is 12.4. The van der Waals surface area contributed by atoms with E-state index in [4.69, 9.17) is 5.73 Å². The average Bonchev–Trinajstić information content (AvgIpc) is 3.13. The van der Waals surface area contributed by atoms with Crippen LogP contribution >= 0.6 is 12.4 Å². The lowest BCUT2D eigenvalue weighted by atomic mass is 9.92. The predicted molar refractivity (Wildman–Crippen MR) is 88.2 cm³/mol. The second-order valence-corrected chi connectivity index (χ2v) is 6.25. The molecule has 4 N–H and O–H groups in total. The van der Waals surface area contributed by atoms with Crippen LogP contribution in [0.4, 0.5) is 5.69 Å². The van der Waals surface area contributed by atoms with Crippen LogP contribution < -0.4 is 16.4 Å². The predicted octanol–water partition coefficient (Wildman–Crippen LogP) is 1.84. The molecular weight excluding hydrogens is 302 g/mol. The summed E-state index contributed by atoms with van der Waals surface area (Å²) in [5.41, 5.74) is 7.53. The summed E-state index contributed by atoms with van der Waals surface area (Å²) < 4.78 is 0. The van der Waals surface area contributed by atoms with E-state index in [0.29, 0.717) is 5.56 Å². The van der Waals surface area contributed by atoms with Crippen molar-refractivity contribution in [1.82, 2.24) is 5.32 Å². The van der Waals surface area contributed by atoms with Crippen molar-refractivity contribution in [3.63, 3.8) is 0 Å². The third-order valence-electron chi connectivity index (χ3n) is 4.86. The Balaban J connectivity index is 0.00000176. The van der Waals surface area contributed by atoms with Crippen molar-refractivity contribution in [2.45, 2.75) is 26.2 Å². The number of rotatable bonds is 3. The molecule has 1 aromatic carbocycles. The smallest absolute Gasteiger partial charge is 0.248 e. The maximum absolute atomic E-state index is 12.4. The van der Waals surface area contributed by atoms with Gasteiger partial charge in [-0.15, -0.1) is 12.4 Å². The minimum atomic E-state index is -0.443. The minimum Gasteiger partial charge on any atom is -0.366 e. The van der Waals surface area contributed by atoms with E-state index in [1.165, 1.54) is 0 Å². The molecule has 1 heterocycles. The molecule has 2 aliphatic rings. The van der Waals surface area contributed by atoms with Gasteiger partial charge in [0.25, 0.3) is 0 Å². The Labute approximate surface area is 136 Å². The summed E-state index contributed by atoms with van der Waals surface area (Å²) in [6.07, 6.45) is 3.17. The fourth-order valence-electron chi connectivity index (χ4n) is 3.44. The number of hydrogen-bond donors (Lipinski definition) is 3. The molecule has 3 rings (SSSR count). The maximum Gasteiger partial charge on any atom is 0.248 e. The molecule has 5 nitrogen and oxygen atoms in total. The molecular formula is C16H22ClN3O2. The number of carbonyl (C=O) groups excluding carboxylic acids is 2. The first-order valence-electron chi connectivity index (χ1n) is 7.44. The number of halogens is 1. The van der Waals surface area contributed by atoms with Crippen molar-refractivity contribution in [3.05, 3.63) is 29.3 Å². The molecule has 2 fully saturated rings. The molecule has 0 aromatic heterocycles. The molecule has 22 heavy (non-hydrogen) atoms. The lowest BCUT2D eigenvalue weighted by Gasteiger charge is -2.23. The lowest BCUT2D eigenvalue weighted by Crippen LogP contribution is -2.31. The van der Waals surface area contributed by atoms with Crippen LogP contribution in [-0.4, -0.2) is 24.9 Å². The van der Waals surface area contributed by atoms with Gasteiger partial charge in [0.2, 0.25) is 11.8 Å². The van der Waals surface area contributed by atoms with Crippen LogP contribution in [0, 0.1) is 18.3 Å². The Morgan fingerprint density at radius 2 is 2.00 bits per heavy atom. The van der Waals surface area contributed by atoms with Crippen molar-refractivity contribution in [2.24, 2.45) is 17.1 Å². The number of piperidine rings is 1. The second kappa shape index (κ2) is 6.26. The summed E-state index contributed by atoms with van der Waals surface area (Å²) in [7, 11) is 0. The molecule has 1 atom stereocenters. The molecule has 1 aliphatic heterocycles. The van der Waals surface area contributed by atoms with Crippen LogP contribution in [0.5, 0.6) is 0 Å². The van der Waals surface area contributed by atoms with E-state index in [2.05, 4.69) is 10.6 Å². The van der Waals surface area contributed by atoms with Crippen LogP contribution in [0.2, 0.25) is 0 Å². The average molecular weight is 324 g/mol. The molecule has 0 radical (unpaired) electrons. The van der Waals surface area contributed by atoms with Crippen LogP contribution in [0.3, 0.4) is 0 Å². The van der Waals surface area contributed by atoms with Gasteiger partial charge in [-0.1, -0.05) is 0 Å². The van der Waals surface area contributed by atoms with E-state index in [9.17, 15) is 9.59 Å². The number of anilines is 1. The summed E-state index contributed by atoms with van der Waals surface area (Å²) in [5, 5.41) is 6.31. The molecule has 1 aliphatic carbocycles. The van der Waals surface area contributed by atoms with Gasteiger partial charge >= 0.3 is 0 Å². The molecule has 1 saturated heterocycles. The molecule has 0 bridgehead atoms. The number of benzene rings is 1. The summed E-state index contributed by atoms with van der Waals surface area (Å²) >= 11 is 0. The highest BCUT2D eigenvalue weighted by Gasteiger charge is 2.57. The van der Waals surface area contributed by atoms with E-state index in [0.717, 1.165) is 43.6 Å². The van der Waals surface area contributed by atoms with E-state index in [1.54, 1.807) is 18.2 Å². The fourth-order valence-corrected chi connectivity index (χ4v) is 3.44. The van der Waals surface area contributed by atoms with E-state index >= 15 is 0 Å². The number of aryl methyl sites for hydroxylation is 1. The lowest BCUT2D eigenvalue weighted by molar-refractivity contribution is -0.118. The summed E-state index contributed by atoms with van der Waals surface area (Å²) in [5.74, 6) is -0.208. The van der Waals surface area contributed by atoms with Gasteiger partial charge in [0.05, 0.1) is 0 Å². The van der Waals surface area contributed by atoms with Gasteiger partial charge < -0.3 is 16.4 Å². The Bertz CT molecular complexity index is 597. The summed E-state index contributed by atoms with van der Waals surface area (Å²) in [6.45, 7) is 3.84. The third kappa shape index (κ3) is 3.10. The highest BCUT2D eigenvalue weighted by molar-refractivity contribution is 5.97. The summed E-state index contributed by atoms with van der Waals surface area (Å²) in [6, 6.07) is 5.21. The van der Waals surface area contributed by atoms with Gasteiger partial charge in [-0.05, 0) is 68.5 Å². The fraction of sp³-hybridized carbons (Fsp3) is 0.500. The second-order valence-electron chi connectivity index (χ2n) is 6.25. The monoisotopic (exact) mass is 323 g/mol. The van der Waals surface area contributed by atoms with E-state index < -0.39 is 5.91 Å². The Kier molecular flexibility index (Phi) is 4.78. The first-order chi connectivity index (χ1) is 10.0. The molecule has 6 heteroatoms. The van der Waals surface area contributed by atoms with Gasteiger partial charge in [-0.3, -0.25) is 9.59 Å². The molecule has 1 saturated carbocycles. The normalized spacial score (nSPS) is 21.8. The molecule has 1 unspecified atom stereocenters. The van der Waals surface area contributed by atoms with Crippen LogP contribution in [0.1, 0.15) is 35.2 Å². The van der Waals surface area contributed by atoms with Crippen LogP contribution in [0.15, 0.2) is 18.2 Å². The Morgan fingerprint density at radius 1 is 1.32 bits per heavy atom. The van der Waals surface area contributed by atoms with Crippen molar-refractivity contribution in [3.8, 4) is 0 Å². The van der Waals surface area contributed by atoms with Gasteiger partial charge in [0.1, 0.15) is 0 Å². The van der Waals surface area contributed by atoms with Crippen LogP contribution in [0.25, 0.3) is 0 Å². The number of amides is 2. The third-order valence-corrected chi connectivity index (χ3v) is 4.86. The van der Waals surface area contributed by atoms with Gasteiger partial charge in [0.15, 0.2) is 0 Å². The van der Waals surface area contributed by atoms with E-state index in [-0.39, 0.29) is 29.6 Å². The van der Waals surface area contributed by atoms with Crippen LogP contribution in [-0.2, 0) is 4.79 Å². The first-order valence-corrected chi connectivity index (χ1v) is 7.44. The SMILES string of the molecule is Cc1cc(NC(=O)C2CC23CCNCC3)ccc1C(N)=O.Cl. The first kappa shape index (κ1) is 16.8. The topological polar surface area (TPSA) is 84.2 Å². The van der Waals surface area contributed by atoms with Crippen molar-refractivity contribution < 1.29 is 9.59 Å². The Morgan fingerprint density at radius 3 is 2.59 bits per heavy atom. The van der Waals surface area contributed by atoms with Gasteiger partial charge in [0, 0.05) is 17.2 Å². The highest BCUT2D eigenvalue weighted by Crippen LogP contribution is 2.58. The van der Waals surface area contributed by atoms with Crippen molar-refractivity contribution >= 4 is 29.9 Å². The molecule has 2 amide bonds. The highest BCUT2D eigenvalue weighted by atomic mass is 35.5. The number of carbonyl (C=O) groups is 2. The van der Waals surface area contributed by atoms with Crippen molar-refractivity contribution in [2.75, 3.05) is 18.4 Å². The van der Waals surface area contributed by atoms with Gasteiger partial charge in [-0.2, -0.15) is 0 Å². The standard InChI is InChI=1S/C16H21N3O2.ClH/c1-10-8-11(2-3-12(10)14(17)20)19-15(21)13-9-16(13)4-6-18-7-5-16;/h2-3,8,13,18H,4-7,9H2,1H3,(H2,17,20)(H,19,21);1H. The largest absolute Gasteiger partial charge is 0.366 e. The molecule has 1 aromatic rings. The quantitative estimate of drug-likeness (QED) is 0.793. The number of nitrogens with one attached hydrogen (secondary N) is 2. The van der Waals surface area contributed by atoms with Gasteiger partial charge in [-0.25, -0.2) is 0 Å². The minimum absolute atomic E-state index is 0. The number of primary amides is 1. The number of hydrogen-bond acceptors (Lipinski definition) is 3. The molecule has 120 valence electrons. The Hall–Kier alpha value is -1.59. The number of nitrogens with two attached hydrogens (primary N) is 1.